The van der Waals surface area contributed by atoms with Crippen molar-refractivity contribution in [2.24, 2.45) is 5.92 Å². The number of rotatable bonds is 6. The van der Waals surface area contributed by atoms with Crippen LogP contribution in [0.15, 0.2) is 18.2 Å². The van der Waals surface area contributed by atoms with Gasteiger partial charge in [0.1, 0.15) is 11.6 Å². The molecule has 1 fully saturated rings. The van der Waals surface area contributed by atoms with Gasteiger partial charge in [0.15, 0.2) is 0 Å². The number of hydrogen-bond donors (Lipinski definition) is 3. The molecule has 0 bridgehead atoms. The molecule has 0 radical (unpaired) electrons. The van der Waals surface area contributed by atoms with Crippen LogP contribution in [0.2, 0.25) is 0 Å². The highest BCUT2D eigenvalue weighted by Crippen LogP contribution is 2.23. The molecule has 0 spiro atoms. The molecule has 1 atom stereocenters. The van der Waals surface area contributed by atoms with Crippen molar-refractivity contribution in [3.05, 3.63) is 35.4 Å². The minimum absolute atomic E-state index is 0. The van der Waals surface area contributed by atoms with Crippen LogP contribution in [0.1, 0.15) is 24.9 Å². The lowest BCUT2D eigenvalue weighted by Crippen LogP contribution is -2.48. The Morgan fingerprint density at radius 2 is 1.91 bits per heavy atom. The lowest BCUT2D eigenvalue weighted by molar-refractivity contribution is -0.123. The molecule has 1 aromatic rings. The summed E-state index contributed by atoms with van der Waals surface area (Å²) in [4.78, 5) is 23.2. The average Bonchev–Trinajstić information content (AvgIpc) is 2.35. The number of carbonyl (C=O) groups excluding carboxylic acids is 2. The van der Waals surface area contributed by atoms with Crippen LogP contribution in [-0.4, -0.2) is 31.4 Å². The van der Waals surface area contributed by atoms with Gasteiger partial charge < -0.3 is 16.0 Å². The number of halogens is 3. The van der Waals surface area contributed by atoms with Crippen molar-refractivity contribution >= 4 is 24.2 Å². The number of amides is 2. The third kappa shape index (κ3) is 5.44. The van der Waals surface area contributed by atoms with E-state index in [-0.39, 0.29) is 30.3 Å². The molecule has 3 N–H and O–H groups in total. The van der Waals surface area contributed by atoms with E-state index in [9.17, 15) is 18.4 Å². The average molecular weight is 348 g/mol. The lowest BCUT2D eigenvalue weighted by Gasteiger charge is -2.27. The molecule has 1 unspecified atom stereocenters. The van der Waals surface area contributed by atoms with Crippen LogP contribution in [0, 0.1) is 17.6 Å². The lowest BCUT2D eigenvalue weighted by atomic mass is 10.0. The molecule has 5 nitrogen and oxygen atoms in total. The molecular formula is C15H20ClF2N3O2. The van der Waals surface area contributed by atoms with Gasteiger partial charge in [-0.3, -0.25) is 9.59 Å². The van der Waals surface area contributed by atoms with E-state index in [4.69, 9.17) is 0 Å². The monoisotopic (exact) mass is 347 g/mol. The van der Waals surface area contributed by atoms with E-state index in [1.165, 1.54) is 13.0 Å². The predicted octanol–water partition coefficient (Wildman–Crippen LogP) is 1.29. The number of hydrogen-bond acceptors (Lipinski definition) is 3. The molecule has 1 aliphatic rings. The second-order valence-corrected chi connectivity index (χ2v) is 5.42. The van der Waals surface area contributed by atoms with Gasteiger partial charge in [-0.1, -0.05) is 6.07 Å². The summed E-state index contributed by atoms with van der Waals surface area (Å²) in [7, 11) is 0. The summed E-state index contributed by atoms with van der Waals surface area (Å²) in [6, 6.07) is 2.41. The Bertz CT molecular complexity index is 547. The van der Waals surface area contributed by atoms with E-state index in [2.05, 4.69) is 16.0 Å². The first-order valence-electron chi connectivity index (χ1n) is 7.15. The Balaban J connectivity index is 0.00000264. The topological polar surface area (TPSA) is 70.2 Å². The Morgan fingerprint density at radius 3 is 2.39 bits per heavy atom. The van der Waals surface area contributed by atoms with Crippen molar-refractivity contribution in [3.8, 4) is 0 Å². The summed E-state index contributed by atoms with van der Waals surface area (Å²) >= 11 is 0. The van der Waals surface area contributed by atoms with E-state index in [1.807, 2.05) is 0 Å². The molecule has 2 rings (SSSR count). The van der Waals surface area contributed by atoms with Crippen molar-refractivity contribution in [1.82, 2.24) is 16.0 Å². The first-order chi connectivity index (χ1) is 10.5. The summed E-state index contributed by atoms with van der Waals surface area (Å²) in [6.07, 6.45) is -0.211. The van der Waals surface area contributed by atoms with Gasteiger partial charge in [0.2, 0.25) is 11.8 Å². The van der Waals surface area contributed by atoms with Gasteiger partial charge in [0.25, 0.3) is 0 Å². The van der Waals surface area contributed by atoms with Gasteiger partial charge in [-0.2, -0.15) is 0 Å². The normalized spacial score (nSPS) is 15.1. The minimum Gasteiger partial charge on any atom is -0.356 e. The van der Waals surface area contributed by atoms with Crippen molar-refractivity contribution in [2.45, 2.75) is 19.4 Å². The molecule has 1 aromatic carbocycles. The Labute approximate surface area is 139 Å². The maximum Gasteiger partial charge on any atom is 0.222 e. The predicted molar refractivity (Wildman–Crippen MR) is 84.2 cm³/mol. The van der Waals surface area contributed by atoms with E-state index in [0.717, 1.165) is 25.2 Å². The highest BCUT2D eigenvalue weighted by Gasteiger charge is 2.24. The van der Waals surface area contributed by atoms with Gasteiger partial charge in [0.05, 0.1) is 12.5 Å². The summed E-state index contributed by atoms with van der Waals surface area (Å²) < 4.78 is 27.7. The Hall–Kier alpha value is -1.73. The molecule has 1 saturated heterocycles. The van der Waals surface area contributed by atoms with E-state index >= 15 is 0 Å². The van der Waals surface area contributed by atoms with Crippen molar-refractivity contribution < 1.29 is 18.4 Å². The van der Waals surface area contributed by atoms with Gasteiger partial charge in [-0.25, -0.2) is 8.78 Å². The number of nitrogens with one attached hydrogen (secondary N) is 3. The SMILES string of the molecule is CC(=O)NC(CC(=O)NCC1CNC1)c1c(F)cccc1F.Cl. The maximum atomic E-state index is 13.8. The van der Waals surface area contributed by atoms with Gasteiger partial charge in [0, 0.05) is 38.0 Å². The third-order valence-electron chi connectivity index (χ3n) is 3.57. The van der Waals surface area contributed by atoms with E-state index in [1.54, 1.807) is 0 Å². The molecular weight excluding hydrogens is 328 g/mol. The molecule has 0 saturated carbocycles. The zero-order valence-corrected chi connectivity index (χ0v) is 13.5. The Morgan fingerprint density at radius 1 is 1.30 bits per heavy atom. The molecule has 8 heteroatoms. The van der Waals surface area contributed by atoms with Crippen LogP contribution in [0.3, 0.4) is 0 Å². The van der Waals surface area contributed by atoms with Crippen molar-refractivity contribution in [1.29, 1.82) is 0 Å². The molecule has 128 valence electrons. The minimum atomic E-state index is -1.03. The van der Waals surface area contributed by atoms with Crippen LogP contribution >= 0.6 is 12.4 Å². The molecule has 1 aliphatic heterocycles. The highest BCUT2D eigenvalue weighted by molar-refractivity contribution is 5.85. The molecule has 0 aromatic heterocycles. The second-order valence-electron chi connectivity index (χ2n) is 5.42. The fourth-order valence-corrected chi connectivity index (χ4v) is 2.32. The fourth-order valence-electron chi connectivity index (χ4n) is 2.32. The van der Waals surface area contributed by atoms with Crippen molar-refractivity contribution in [2.75, 3.05) is 19.6 Å². The van der Waals surface area contributed by atoms with Gasteiger partial charge in [-0.15, -0.1) is 12.4 Å². The molecule has 1 heterocycles. The van der Waals surface area contributed by atoms with Crippen LogP contribution < -0.4 is 16.0 Å². The van der Waals surface area contributed by atoms with Crippen molar-refractivity contribution in [3.63, 3.8) is 0 Å². The maximum absolute atomic E-state index is 13.8. The van der Waals surface area contributed by atoms with E-state index < -0.39 is 23.6 Å². The van der Waals surface area contributed by atoms with Gasteiger partial charge >= 0.3 is 0 Å². The molecule has 23 heavy (non-hydrogen) atoms. The first-order valence-corrected chi connectivity index (χ1v) is 7.15. The van der Waals surface area contributed by atoms with E-state index in [0.29, 0.717) is 12.5 Å². The zero-order valence-electron chi connectivity index (χ0n) is 12.7. The quantitative estimate of drug-likeness (QED) is 0.726. The molecule has 2 amide bonds. The zero-order chi connectivity index (χ0) is 16.1. The largest absolute Gasteiger partial charge is 0.356 e. The summed E-state index contributed by atoms with van der Waals surface area (Å²) in [6.45, 7) is 3.44. The summed E-state index contributed by atoms with van der Waals surface area (Å²) in [5.74, 6) is -1.99. The summed E-state index contributed by atoms with van der Waals surface area (Å²) in [5, 5.41) is 8.24. The molecule has 0 aliphatic carbocycles. The second kappa shape index (κ2) is 8.79. The summed E-state index contributed by atoms with van der Waals surface area (Å²) in [5.41, 5.74) is -0.293. The van der Waals surface area contributed by atoms with Gasteiger partial charge in [-0.05, 0) is 12.1 Å². The number of carbonyl (C=O) groups is 2. The Kier molecular flexibility index (Phi) is 7.38. The third-order valence-corrected chi connectivity index (χ3v) is 3.57. The van der Waals surface area contributed by atoms with Crippen LogP contribution in [0.25, 0.3) is 0 Å². The van der Waals surface area contributed by atoms with Crippen LogP contribution in [0.4, 0.5) is 8.78 Å². The smallest absolute Gasteiger partial charge is 0.222 e. The number of benzene rings is 1. The first kappa shape index (κ1) is 19.3. The highest BCUT2D eigenvalue weighted by atomic mass is 35.5. The fraction of sp³-hybridized carbons (Fsp3) is 0.467. The van der Waals surface area contributed by atoms with Crippen LogP contribution in [0.5, 0.6) is 0 Å². The van der Waals surface area contributed by atoms with Crippen LogP contribution in [-0.2, 0) is 9.59 Å². The standard InChI is InChI=1S/C15H19F2N3O2.ClH/c1-9(21)20-13(15-11(16)3-2-4-12(15)17)5-14(22)19-8-10-6-18-7-10;/h2-4,10,13,18H,5-8H2,1H3,(H,19,22)(H,20,21);1H.